The number of carbonyl (C=O) groups is 1. The van der Waals surface area contributed by atoms with Crippen molar-refractivity contribution in [1.82, 2.24) is 24.9 Å². The van der Waals surface area contributed by atoms with Crippen LogP contribution in [0.15, 0.2) is 54.6 Å². The summed E-state index contributed by atoms with van der Waals surface area (Å²) in [5.41, 5.74) is 4.94. The highest BCUT2D eigenvalue weighted by Crippen LogP contribution is 2.32. The van der Waals surface area contributed by atoms with Gasteiger partial charge < -0.3 is 4.90 Å². The Bertz CT molecular complexity index is 1160. The SMILES string of the molecule is Cc1cccc2cc(CN(Cc3ccccc3)C(=O)C3CC3)c3nnnn3c12. The lowest BCUT2D eigenvalue weighted by Crippen LogP contribution is -2.31. The molecule has 2 heterocycles. The number of aryl methyl sites for hydroxylation is 1. The number of rotatable bonds is 5. The highest BCUT2D eigenvalue weighted by Gasteiger charge is 2.33. The molecule has 6 heteroatoms. The molecule has 5 rings (SSSR count). The minimum Gasteiger partial charge on any atom is -0.334 e. The molecule has 0 bridgehead atoms. The molecular weight excluding hydrogens is 350 g/mol. The fraction of sp³-hybridized carbons (Fsp3) is 0.273. The summed E-state index contributed by atoms with van der Waals surface area (Å²) >= 11 is 0. The Kier molecular flexibility index (Phi) is 4.04. The van der Waals surface area contributed by atoms with Crippen molar-refractivity contribution in [3.8, 4) is 0 Å². The van der Waals surface area contributed by atoms with Gasteiger partial charge in [-0.3, -0.25) is 4.79 Å². The van der Waals surface area contributed by atoms with E-state index < -0.39 is 0 Å². The molecule has 2 aromatic heterocycles. The molecule has 0 radical (unpaired) electrons. The van der Waals surface area contributed by atoms with E-state index in [-0.39, 0.29) is 11.8 Å². The number of tetrazole rings is 1. The quantitative estimate of drug-likeness (QED) is 0.538. The zero-order valence-electron chi connectivity index (χ0n) is 15.7. The van der Waals surface area contributed by atoms with Crippen LogP contribution in [0.2, 0.25) is 0 Å². The van der Waals surface area contributed by atoms with Gasteiger partial charge in [0.05, 0.1) is 5.52 Å². The maximum absolute atomic E-state index is 13.0. The van der Waals surface area contributed by atoms with Crippen LogP contribution < -0.4 is 0 Å². The van der Waals surface area contributed by atoms with Gasteiger partial charge >= 0.3 is 0 Å². The molecule has 0 atom stereocenters. The number of carbonyl (C=O) groups excluding carboxylic acids is 1. The van der Waals surface area contributed by atoms with Crippen molar-refractivity contribution >= 4 is 22.5 Å². The minimum atomic E-state index is 0.165. The van der Waals surface area contributed by atoms with E-state index in [0.29, 0.717) is 18.7 Å². The molecule has 1 amide bonds. The predicted molar refractivity (Wildman–Crippen MR) is 106 cm³/mol. The van der Waals surface area contributed by atoms with Gasteiger partial charge in [0, 0.05) is 30.0 Å². The van der Waals surface area contributed by atoms with Gasteiger partial charge in [0.1, 0.15) is 0 Å². The van der Waals surface area contributed by atoms with Crippen LogP contribution in [0.3, 0.4) is 0 Å². The Morgan fingerprint density at radius 2 is 1.93 bits per heavy atom. The lowest BCUT2D eigenvalue weighted by molar-refractivity contribution is -0.133. The lowest BCUT2D eigenvalue weighted by atomic mass is 10.1. The van der Waals surface area contributed by atoms with Crippen molar-refractivity contribution in [3.05, 3.63) is 71.3 Å². The van der Waals surface area contributed by atoms with Gasteiger partial charge in [-0.25, -0.2) is 0 Å². The molecule has 6 nitrogen and oxygen atoms in total. The number of nitrogens with zero attached hydrogens (tertiary/aromatic N) is 5. The first-order valence-electron chi connectivity index (χ1n) is 9.63. The maximum atomic E-state index is 13.0. The summed E-state index contributed by atoms with van der Waals surface area (Å²) in [6.45, 7) is 3.15. The zero-order chi connectivity index (χ0) is 19.1. The highest BCUT2D eigenvalue weighted by atomic mass is 16.2. The smallest absolute Gasteiger partial charge is 0.226 e. The third-order valence-corrected chi connectivity index (χ3v) is 5.38. The fourth-order valence-corrected chi connectivity index (χ4v) is 3.80. The van der Waals surface area contributed by atoms with Gasteiger partial charge in [0.2, 0.25) is 5.91 Å². The lowest BCUT2D eigenvalue weighted by Gasteiger charge is -2.23. The van der Waals surface area contributed by atoms with Crippen LogP contribution in [-0.4, -0.2) is 30.8 Å². The number of aromatic nitrogens is 4. The van der Waals surface area contributed by atoms with Crippen molar-refractivity contribution in [2.75, 3.05) is 0 Å². The van der Waals surface area contributed by atoms with Gasteiger partial charge in [0.15, 0.2) is 5.65 Å². The molecule has 140 valence electrons. The van der Waals surface area contributed by atoms with Gasteiger partial charge in [-0.2, -0.15) is 4.52 Å². The van der Waals surface area contributed by atoms with Gasteiger partial charge in [-0.1, -0.05) is 48.5 Å². The van der Waals surface area contributed by atoms with E-state index in [9.17, 15) is 4.79 Å². The second-order valence-corrected chi connectivity index (χ2v) is 7.55. The van der Waals surface area contributed by atoms with Crippen molar-refractivity contribution in [3.63, 3.8) is 0 Å². The molecule has 0 spiro atoms. The molecule has 0 unspecified atom stereocenters. The van der Waals surface area contributed by atoms with Crippen LogP contribution in [-0.2, 0) is 17.9 Å². The summed E-state index contributed by atoms with van der Waals surface area (Å²) in [6.07, 6.45) is 1.98. The van der Waals surface area contributed by atoms with E-state index >= 15 is 0 Å². The van der Waals surface area contributed by atoms with E-state index in [1.807, 2.05) is 29.2 Å². The Balaban J connectivity index is 1.57. The first-order chi connectivity index (χ1) is 13.7. The molecule has 2 aromatic carbocycles. The second kappa shape index (κ2) is 6.71. The van der Waals surface area contributed by atoms with Gasteiger partial charge in [-0.05, 0) is 47.4 Å². The second-order valence-electron chi connectivity index (χ2n) is 7.55. The molecule has 1 saturated carbocycles. The van der Waals surface area contributed by atoms with Crippen LogP contribution in [0.1, 0.15) is 29.5 Å². The van der Waals surface area contributed by atoms with Crippen LogP contribution >= 0.6 is 0 Å². The van der Waals surface area contributed by atoms with Crippen molar-refractivity contribution in [1.29, 1.82) is 0 Å². The average molecular weight is 371 g/mol. The van der Waals surface area contributed by atoms with E-state index in [1.54, 1.807) is 4.52 Å². The standard InChI is InChI=1S/C22H21N5O/c1-15-6-5-9-18-12-19(21-23-24-25-27(21)20(15)18)14-26(22(28)17-10-11-17)13-16-7-3-2-4-8-16/h2-9,12,17H,10-11,13-14H2,1H3. The topological polar surface area (TPSA) is 63.4 Å². The number of para-hydroxylation sites is 1. The number of hydrogen-bond donors (Lipinski definition) is 0. The van der Waals surface area contributed by atoms with Gasteiger partial charge in [0.25, 0.3) is 0 Å². The predicted octanol–water partition coefficient (Wildman–Crippen LogP) is 3.52. The van der Waals surface area contributed by atoms with Crippen LogP contribution in [0.4, 0.5) is 0 Å². The number of pyridine rings is 1. The first-order valence-corrected chi connectivity index (χ1v) is 9.63. The third kappa shape index (κ3) is 3.01. The Morgan fingerprint density at radius 1 is 1.11 bits per heavy atom. The normalized spacial score (nSPS) is 13.9. The third-order valence-electron chi connectivity index (χ3n) is 5.38. The molecule has 28 heavy (non-hydrogen) atoms. The van der Waals surface area contributed by atoms with Gasteiger partial charge in [-0.15, -0.1) is 5.10 Å². The summed E-state index contributed by atoms with van der Waals surface area (Å²) in [5.74, 6) is 0.386. The monoisotopic (exact) mass is 371 g/mol. The van der Waals surface area contributed by atoms with Crippen LogP contribution in [0, 0.1) is 12.8 Å². The average Bonchev–Trinajstić information content (AvgIpc) is 3.44. The molecule has 0 aliphatic heterocycles. The number of benzene rings is 2. The summed E-state index contributed by atoms with van der Waals surface area (Å²) < 4.78 is 1.79. The summed E-state index contributed by atoms with van der Waals surface area (Å²) in [6, 6.07) is 18.4. The Morgan fingerprint density at radius 3 is 2.71 bits per heavy atom. The zero-order valence-corrected chi connectivity index (χ0v) is 15.7. The van der Waals surface area contributed by atoms with Crippen LogP contribution in [0.25, 0.3) is 16.6 Å². The van der Waals surface area contributed by atoms with Crippen molar-refractivity contribution in [2.24, 2.45) is 5.92 Å². The van der Waals surface area contributed by atoms with E-state index in [2.05, 4.69) is 52.8 Å². The number of hydrogen-bond acceptors (Lipinski definition) is 4. The van der Waals surface area contributed by atoms with E-state index in [0.717, 1.165) is 40.4 Å². The molecule has 0 N–H and O–H groups in total. The largest absolute Gasteiger partial charge is 0.334 e. The first kappa shape index (κ1) is 16.9. The van der Waals surface area contributed by atoms with Crippen molar-refractivity contribution in [2.45, 2.75) is 32.9 Å². The molecule has 1 aliphatic rings. The molecule has 0 saturated heterocycles. The summed E-state index contributed by atoms with van der Waals surface area (Å²) in [4.78, 5) is 14.9. The highest BCUT2D eigenvalue weighted by molar-refractivity contribution is 5.86. The molecule has 1 fully saturated rings. The minimum absolute atomic E-state index is 0.165. The fourth-order valence-electron chi connectivity index (χ4n) is 3.80. The summed E-state index contributed by atoms with van der Waals surface area (Å²) in [5, 5.41) is 13.4. The Labute approximate surface area is 162 Å². The van der Waals surface area contributed by atoms with Crippen LogP contribution in [0.5, 0.6) is 0 Å². The maximum Gasteiger partial charge on any atom is 0.226 e. The van der Waals surface area contributed by atoms with E-state index in [1.165, 1.54) is 0 Å². The summed E-state index contributed by atoms with van der Waals surface area (Å²) in [7, 11) is 0. The number of amides is 1. The Hall–Kier alpha value is -3.28. The molecule has 1 aliphatic carbocycles. The number of fused-ring (bicyclic) bond motifs is 3. The van der Waals surface area contributed by atoms with Crippen molar-refractivity contribution < 1.29 is 4.79 Å². The molecular formula is C22H21N5O. The van der Waals surface area contributed by atoms with E-state index in [4.69, 9.17) is 0 Å². The molecule has 4 aromatic rings.